The van der Waals surface area contributed by atoms with Gasteiger partial charge in [-0.15, -0.1) is 0 Å². The van der Waals surface area contributed by atoms with E-state index < -0.39 is 5.60 Å². The van der Waals surface area contributed by atoms with Crippen LogP contribution in [0.2, 0.25) is 0 Å². The van der Waals surface area contributed by atoms with Crippen LogP contribution in [-0.2, 0) is 10.4 Å². The standard InChI is InChI=1S/C14H18O2/c1-12(2)7-6-10-14(16,11-15)13-8-4-3-5-9-13/h3-5,7-9,11,16H,6,10H2,1-2H3. The molecule has 1 N–H and O–H groups in total. The minimum Gasteiger partial charge on any atom is -0.378 e. The lowest BCUT2D eigenvalue weighted by atomic mass is 9.90. The largest absolute Gasteiger partial charge is 0.378 e. The maximum absolute atomic E-state index is 11.0. The van der Waals surface area contributed by atoms with Gasteiger partial charge >= 0.3 is 0 Å². The first-order valence-corrected chi connectivity index (χ1v) is 5.46. The normalized spacial score (nSPS) is 13.9. The van der Waals surface area contributed by atoms with Crippen LogP contribution in [0.3, 0.4) is 0 Å². The summed E-state index contributed by atoms with van der Waals surface area (Å²) in [5.41, 5.74) is 0.501. The third-order valence-electron chi connectivity index (χ3n) is 2.55. The summed E-state index contributed by atoms with van der Waals surface area (Å²) in [7, 11) is 0. The van der Waals surface area contributed by atoms with Crippen LogP contribution in [0, 0.1) is 0 Å². The Morgan fingerprint density at radius 1 is 1.31 bits per heavy atom. The van der Waals surface area contributed by atoms with Crippen LogP contribution in [0.1, 0.15) is 32.3 Å². The van der Waals surface area contributed by atoms with Gasteiger partial charge in [0.2, 0.25) is 0 Å². The maximum Gasteiger partial charge on any atom is 0.156 e. The van der Waals surface area contributed by atoms with E-state index in [9.17, 15) is 9.90 Å². The summed E-state index contributed by atoms with van der Waals surface area (Å²) in [6.07, 6.45) is 3.77. The van der Waals surface area contributed by atoms with Crippen molar-refractivity contribution in [3.8, 4) is 0 Å². The Morgan fingerprint density at radius 2 is 1.94 bits per heavy atom. The summed E-state index contributed by atoms with van der Waals surface area (Å²) in [5.74, 6) is 0. The second kappa shape index (κ2) is 5.61. The van der Waals surface area contributed by atoms with Crippen LogP contribution < -0.4 is 0 Å². The fourth-order valence-corrected chi connectivity index (χ4v) is 1.58. The van der Waals surface area contributed by atoms with Crippen LogP contribution in [0.5, 0.6) is 0 Å². The molecule has 0 fully saturated rings. The zero-order valence-corrected chi connectivity index (χ0v) is 9.81. The van der Waals surface area contributed by atoms with Crippen molar-refractivity contribution < 1.29 is 9.90 Å². The second-order valence-corrected chi connectivity index (χ2v) is 4.23. The molecule has 0 aromatic heterocycles. The van der Waals surface area contributed by atoms with Crippen molar-refractivity contribution in [3.05, 3.63) is 47.5 Å². The molecule has 0 spiro atoms. The molecule has 1 aromatic rings. The molecule has 0 saturated carbocycles. The molecule has 1 aromatic carbocycles. The lowest BCUT2D eigenvalue weighted by Gasteiger charge is -2.21. The summed E-state index contributed by atoms with van der Waals surface area (Å²) >= 11 is 0. The number of hydrogen-bond donors (Lipinski definition) is 1. The van der Waals surface area contributed by atoms with E-state index in [0.717, 1.165) is 0 Å². The highest BCUT2D eigenvalue weighted by Gasteiger charge is 2.27. The Morgan fingerprint density at radius 3 is 2.44 bits per heavy atom. The van der Waals surface area contributed by atoms with E-state index in [1.54, 1.807) is 12.1 Å². The Kier molecular flexibility index (Phi) is 4.44. The molecular formula is C14H18O2. The predicted octanol–water partition coefficient (Wildman–Crippen LogP) is 2.82. The molecule has 0 aliphatic heterocycles. The number of aldehydes is 1. The molecule has 1 rings (SSSR count). The lowest BCUT2D eigenvalue weighted by Crippen LogP contribution is -2.27. The van der Waals surface area contributed by atoms with Gasteiger partial charge in [-0.25, -0.2) is 0 Å². The van der Waals surface area contributed by atoms with Gasteiger partial charge in [-0.05, 0) is 32.3 Å². The molecular weight excluding hydrogens is 200 g/mol. The summed E-state index contributed by atoms with van der Waals surface area (Å²) in [4.78, 5) is 11.0. The summed E-state index contributed by atoms with van der Waals surface area (Å²) < 4.78 is 0. The molecule has 0 aliphatic carbocycles. The molecule has 16 heavy (non-hydrogen) atoms. The van der Waals surface area contributed by atoms with Gasteiger partial charge in [0, 0.05) is 0 Å². The topological polar surface area (TPSA) is 37.3 Å². The zero-order valence-electron chi connectivity index (χ0n) is 9.81. The molecule has 0 radical (unpaired) electrons. The number of aliphatic hydroxyl groups is 1. The predicted molar refractivity (Wildman–Crippen MR) is 65.1 cm³/mol. The molecule has 0 aliphatic rings. The summed E-state index contributed by atoms with van der Waals surface area (Å²) in [6.45, 7) is 4.00. The van der Waals surface area contributed by atoms with E-state index >= 15 is 0 Å². The van der Waals surface area contributed by atoms with E-state index in [1.807, 2.05) is 38.1 Å². The third-order valence-corrected chi connectivity index (χ3v) is 2.55. The zero-order chi connectivity index (χ0) is 12.0. The summed E-state index contributed by atoms with van der Waals surface area (Å²) in [6, 6.07) is 9.06. The van der Waals surface area contributed by atoms with Crippen molar-refractivity contribution >= 4 is 6.29 Å². The molecule has 0 saturated heterocycles. The van der Waals surface area contributed by atoms with Gasteiger partial charge in [0.15, 0.2) is 6.29 Å². The van der Waals surface area contributed by atoms with Crippen molar-refractivity contribution in [2.45, 2.75) is 32.3 Å². The highest BCUT2D eigenvalue weighted by molar-refractivity contribution is 5.65. The van der Waals surface area contributed by atoms with Crippen molar-refractivity contribution in [1.82, 2.24) is 0 Å². The second-order valence-electron chi connectivity index (χ2n) is 4.23. The fourth-order valence-electron chi connectivity index (χ4n) is 1.58. The van der Waals surface area contributed by atoms with Crippen LogP contribution in [0.4, 0.5) is 0 Å². The molecule has 0 bridgehead atoms. The molecule has 0 heterocycles. The van der Waals surface area contributed by atoms with Gasteiger partial charge in [0.1, 0.15) is 5.60 Å². The van der Waals surface area contributed by atoms with E-state index in [1.165, 1.54) is 5.57 Å². The highest BCUT2D eigenvalue weighted by Crippen LogP contribution is 2.24. The number of rotatable bonds is 5. The van der Waals surface area contributed by atoms with Gasteiger partial charge in [-0.2, -0.15) is 0 Å². The van der Waals surface area contributed by atoms with E-state index in [0.29, 0.717) is 24.7 Å². The molecule has 2 heteroatoms. The number of hydrogen-bond acceptors (Lipinski definition) is 2. The number of carbonyl (C=O) groups is 1. The Balaban J connectivity index is 2.78. The molecule has 2 nitrogen and oxygen atoms in total. The molecule has 86 valence electrons. The van der Waals surface area contributed by atoms with Crippen molar-refractivity contribution in [1.29, 1.82) is 0 Å². The van der Waals surface area contributed by atoms with Gasteiger partial charge < -0.3 is 5.11 Å². The van der Waals surface area contributed by atoms with E-state index in [-0.39, 0.29) is 0 Å². The molecule has 1 unspecified atom stereocenters. The van der Waals surface area contributed by atoms with Gasteiger partial charge in [-0.3, -0.25) is 4.79 Å². The Bertz CT molecular complexity index is 364. The average Bonchev–Trinajstić information content (AvgIpc) is 2.29. The van der Waals surface area contributed by atoms with Crippen molar-refractivity contribution in [3.63, 3.8) is 0 Å². The van der Waals surface area contributed by atoms with Gasteiger partial charge in [-0.1, -0.05) is 42.0 Å². The van der Waals surface area contributed by atoms with Crippen LogP contribution in [0.15, 0.2) is 42.0 Å². The third kappa shape index (κ3) is 3.31. The molecule has 1 atom stereocenters. The van der Waals surface area contributed by atoms with E-state index in [4.69, 9.17) is 0 Å². The monoisotopic (exact) mass is 218 g/mol. The van der Waals surface area contributed by atoms with Gasteiger partial charge in [0.25, 0.3) is 0 Å². The fraction of sp³-hybridized carbons (Fsp3) is 0.357. The Hall–Kier alpha value is -1.41. The Labute approximate surface area is 96.6 Å². The number of allylic oxidation sites excluding steroid dienone is 2. The minimum absolute atomic E-state index is 0.422. The highest BCUT2D eigenvalue weighted by atomic mass is 16.3. The minimum atomic E-state index is -1.35. The van der Waals surface area contributed by atoms with Crippen LogP contribution in [-0.4, -0.2) is 11.4 Å². The lowest BCUT2D eigenvalue weighted by molar-refractivity contribution is -0.125. The number of benzene rings is 1. The smallest absolute Gasteiger partial charge is 0.156 e. The first-order valence-electron chi connectivity index (χ1n) is 5.46. The maximum atomic E-state index is 11.0. The van der Waals surface area contributed by atoms with Crippen molar-refractivity contribution in [2.24, 2.45) is 0 Å². The quantitative estimate of drug-likeness (QED) is 0.609. The number of carbonyl (C=O) groups excluding carboxylic acids is 1. The first-order chi connectivity index (χ1) is 7.58. The van der Waals surface area contributed by atoms with Crippen LogP contribution in [0.25, 0.3) is 0 Å². The van der Waals surface area contributed by atoms with Crippen molar-refractivity contribution in [2.75, 3.05) is 0 Å². The van der Waals surface area contributed by atoms with Gasteiger partial charge in [0.05, 0.1) is 0 Å². The van der Waals surface area contributed by atoms with E-state index in [2.05, 4.69) is 0 Å². The first kappa shape index (κ1) is 12.7. The van der Waals surface area contributed by atoms with Crippen LogP contribution >= 0.6 is 0 Å². The molecule has 0 amide bonds. The summed E-state index contributed by atoms with van der Waals surface area (Å²) in [5, 5.41) is 10.2. The average molecular weight is 218 g/mol. The SMILES string of the molecule is CC(C)=CCCC(O)(C=O)c1ccccc1.